The molecule has 2 atom stereocenters. The van der Waals surface area contributed by atoms with E-state index in [4.69, 9.17) is 0 Å². The summed E-state index contributed by atoms with van der Waals surface area (Å²) < 4.78 is 0. The molecule has 0 radical (unpaired) electrons. The molecule has 3 aromatic rings. The number of carbonyl (C=O) groups is 2. The minimum absolute atomic E-state index is 0.00666. The molecule has 2 aromatic carbocycles. The molecule has 2 heterocycles. The Morgan fingerprint density at radius 3 is 2.61 bits per heavy atom. The van der Waals surface area contributed by atoms with Gasteiger partial charge in [0.05, 0.1) is 17.7 Å². The number of anilines is 1. The minimum Gasteiger partial charge on any atom is -0.343 e. The first-order chi connectivity index (χ1) is 15.2. The maximum atomic E-state index is 13.2. The van der Waals surface area contributed by atoms with E-state index in [0.29, 0.717) is 6.54 Å². The van der Waals surface area contributed by atoms with Gasteiger partial charge >= 0.3 is 0 Å². The summed E-state index contributed by atoms with van der Waals surface area (Å²) in [6, 6.07) is 21.4. The van der Waals surface area contributed by atoms with Crippen molar-refractivity contribution >= 4 is 17.5 Å². The third kappa shape index (κ3) is 3.96. The second-order valence-corrected chi connectivity index (χ2v) is 8.32. The number of pyridine rings is 1. The van der Waals surface area contributed by atoms with E-state index in [2.05, 4.69) is 22.4 Å². The lowest BCUT2D eigenvalue weighted by molar-refractivity contribution is -0.126. The maximum absolute atomic E-state index is 13.2. The fourth-order valence-electron chi connectivity index (χ4n) is 4.64. The summed E-state index contributed by atoms with van der Waals surface area (Å²) >= 11 is 0. The second-order valence-electron chi connectivity index (χ2n) is 8.32. The summed E-state index contributed by atoms with van der Waals surface area (Å²) in [5, 5.41) is 3.15. The lowest BCUT2D eigenvalue weighted by Gasteiger charge is -2.21. The van der Waals surface area contributed by atoms with E-state index >= 15 is 0 Å². The molecule has 5 rings (SSSR count). The zero-order valence-electron chi connectivity index (χ0n) is 17.3. The van der Waals surface area contributed by atoms with Gasteiger partial charge in [-0.1, -0.05) is 42.5 Å². The summed E-state index contributed by atoms with van der Waals surface area (Å²) in [6.45, 7) is 0.410. The molecule has 0 spiro atoms. The number of fused-ring (bicyclic) bond motifs is 1. The highest BCUT2D eigenvalue weighted by molar-refractivity contribution is 6.00. The van der Waals surface area contributed by atoms with Gasteiger partial charge in [-0.05, 0) is 60.2 Å². The number of amides is 2. The van der Waals surface area contributed by atoms with Gasteiger partial charge in [0.2, 0.25) is 11.8 Å². The topological polar surface area (TPSA) is 62.3 Å². The Balaban J connectivity index is 1.34. The average molecular weight is 412 g/mol. The lowest BCUT2D eigenvalue weighted by atomic mass is 10.0. The van der Waals surface area contributed by atoms with Crippen molar-refractivity contribution in [1.82, 2.24) is 10.3 Å². The Hall–Kier alpha value is -3.47. The number of nitrogens with zero attached hydrogens (tertiary/aromatic N) is 2. The fraction of sp³-hybridized carbons (Fsp3) is 0.269. The third-order valence-electron chi connectivity index (χ3n) is 6.29. The Labute approximate surface area is 182 Å². The van der Waals surface area contributed by atoms with Crippen LogP contribution in [0, 0.1) is 5.92 Å². The van der Waals surface area contributed by atoms with Gasteiger partial charge in [0.25, 0.3) is 0 Å². The zero-order chi connectivity index (χ0) is 21.2. The van der Waals surface area contributed by atoms with Gasteiger partial charge in [0.15, 0.2) is 0 Å². The van der Waals surface area contributed by atoms with Gasteiger partial charge in [-0.15, -0.1) is 0 Å². The number of aryl methyl sites for hydroxylation is 2. The maximum Gasteiger partial charge on any atom is 0.227 e. The molecule has 5 nitrogen and oxygen atoms in total. The standard InChI is InChI=1S/C26H25N3O2/c30-24-16-21(17-29(24)22-13-12-18-9-6-10-20(18)15-22)26(31)28-25(19-7-2-1-3-8-19)23-11-4-5-14-27-23/h1-5,7-8,11-15,21,25H,6,9-10,16-17H2,(H,28,31)/t21-,25-/m0/s1. The van der Waals surface area contributed by atoms with E-state index in [9.17, 15) is 9.59 Å². The first-order valence-electron chi connectivity index (χ1n) is 10.9. The van der Waals surface area contributed by atoms with Crippen LogP contribution in [0.15, 0.2) is 72.9 Å². The smallest absolute Gasteiger partial charge is 0.227 e. The summed E-state index contributed by atoms with van der Waals surface area (Å²) in [5.74, 6) is -0.487. The summed E-state index contributed by atoms with van der Waals surface area (Å²) in [4.78, 5) is 32.2. The van der Waals surface area contributed by atoms with Crippen molar-refractivity contribution < 1.29 is 9.59 Å². The van der Waals surface area contributed by atoms with Crippen LogP contribution < -0.4 is 10.2 Å². The number of carbonyl (C=O) groups excluding carboxylic acids is 2. The first-order valence-corrected chi connectivity index (χ1v) is 10.9. The van der Waals surface area contributed by atoms with Gasteiger partial charge < -0.3 is 10.2 Å². The number of benzene rings is 2. The summed E-state index contributed by atoms with van der Waals surface area (Å²) in [5.41, 5.74) is 5.37. The van der Waals surface area contributed by atoms with Gasteiger partial charge in [-0.3, -0.25) is 14.6 Å². The van der Waals surface area contributed by atoms with Gasteiger partial charge in [-0.2, -0.15) is 0 Å². The Morgan fingerprint density at radius 2 is 1.81 bits per heavy atom. The zero-order valence-corrected chi connectivity index (χ0v) is 17.3. The van der Waals surface area contributed by atoms with Gasteiger partial charge in [-0.25, -0.2) is 0 Å². The van der Waals surface area contributed by atoms with Crippen molar-refractivity contribution in [1.29, 1.82) is 0 Å². The van der Waals surface area contributed by atoms with Crippen molar-refractivity contribution in [3.05, 3.63) is 95.3 Å². The largest absolute Gasteiger partial charge is 0.343 e. The molecule has 1 aliphatic carbocycles. The molecular weight excluding hydrogens is 386 g/mol. The van der Waals surface area contributed by atoms with E-state index in [1.165, 1.54) is 17.5 Å². The molecule has 0 saturated carbocycles. The normalized spacial score (nSPS) is 18.6. The van der Waals surface area contributed by atoms with Crippen molar-refractivity contribution in [3.8, 4) is 0 Å². The molecule has 1 saturated heterocycles. The predicted molar refractivity (Wildman–Crippen MR) is 120 cm³/mol. The van der Waals surface area contributed by atoms with E-state index < -0.39 is 0 Å². The summed E-state index contributed by atoms with van der Waals surface area (Å²) in [7, 11) is 0. The van der Waals surface area contributed by atoms with Crippen LogP contribution in [0.1, 0.15) is 41.3 Å². The number of hydrogen-bond donors (Lipinski definition) is 1. The molecular formula is C26H25N3O2. The highest BCUT2D eigenvalue weighted by atomic mass is 16.2. The van der Waals surface area contributed by atoms with Crippen LogP contribution in [0.4, 0.5) is 5.69 Å². The molecule has 1 aromatic heterocycles. The van der Waals surface area contributed by atoms with Crippen molar-refractivity contribution in [2.45, 2.75) is 31.7 Å². The highest BCUT2D eigenvalue weighted by Crippen LogP contribution is 2.31. The van der Waals surface area contributed by atoms with Crippen molar-refractivity contribution in [2.75, 3.05) is 11.4 Å². The van der Waals surface area contributed by atoms with Crippen LogP contribution in [-0.2, 0) is 22.4 Å². The molecule has 1 N–H and O–H groups in total. The van der Waals surface area contributed by atoms with Crippen LogP contribution >= 0.6 is 0 Å². The number of nitrogens with one attached hydrogen (secondary N) is 1. The van der Waals surface area contributed by atoms with Crippen LogP contribution in [0.3, 0.4) is 0 Å². The van der Waals surface area contributed by atoms with Crippen LogP contribution in [0.5, 0.6) is 0 Å². The molecule has 0 bridgehead atoms. The van der Waals surface area contributed by atoms with Crippen molar-refractivity contribution in [2.24, 2.45) is 5.92 Å². The molecule has 31 heavy (non-hydrogen) atoms. The summed E-state index contributed by atoms with van der Waals surface area (Å²) in [6.07, 6.45) is 5.31. The Bertz CT molecular complexity index is 1060. The number of rotatable bonds is 5. The van der Waals surface area contributed by atoms with E-state index in [0.717, 1.165) is 29.8 Å². The molecule has 0 unspecified atom stereocenters. The Morgan fingerprint density at radius 1 is 1.00 bits per heavy atom. The lowest BCUT2D eigenvalue weighted by Crippen LogP contribution is -2.36. The predicted octanol–water partition coefficient (Wildman–Crippen LogP) is 3.83. The SMILES string of the molecule is O=C(N[C@@H](c1ccccc1)c1ccccn1)[C@H]1CC(=O)N(c2ccc3c(c2)CCC3)C1. The molecule has 2 aliphatic rings. The second kappa shape index (κ2) is 8.34. The van der Waals surface area contributed by atoms with E-state index in [1.807, 2.05) is 54.6 Å². The van der Waals surface area contributed by atoms with Crippen LogP contribution in [0.2, 0.25) is 0 Å². The molecule has 1 aliphatic heterocycles. The monoisotopic (exact) mass is 411 g/mol. The molecule has 156 valence electrons. The first kappa shape index (κ1) is 19.5. The number of aromatic nitrogens is 1. The molecule has 2 amide bonds. The van der Waals surface area contributed by atoms with E-state index in [-0.39, 0.29) is 30.2 Å². The fourth-order valence-corrected chi connectivity index (χ4v) is 4.64. The van der Waals surface area contributed by atoms with Crippen molar-refractivity contribution in [3.63, 3.8) is 0 Å². The highest BCUT2D eigenvalue weighted by Gasteiger charge is 2.36. The minimum atomic E-state index is -0.379. The van der Waals surface area contributed by atoms with Crippen LogP contribution in [0.25, 0.3) is 0 Å². The number of hydrogen-bond acceptors (Lipinski definition) is 3. The third-order valence-corrected chi connectivity index (χ3v) is 6.29. The molecule has 5 heteroatoms. The van der Waals surface area contributed by atoms with Gasteiger partial charge in [0.1, 0.15) is 0 Å². The van der Waals surface area contributed by atoms with E-state index in [1.54, 1.807) is 11.1 Å². The average Bonchev–Trinajstić information content (AvgIpc) is 3.44. The quantitative estimate of drug-likeness (QED) is 0.694. The Kier molecular flexibility index (Phi) is 5.24. The molecule has 1 fully saturated rings. The van der Waals surface area contributed by atoms with Crippen LogP contribution in [-0.4, -0.2) is 23.3 Å². The van der Waals surface area contributed by atoms with Gasteiger partial charge in [0, 0.05) is 24.8 Å².